The number of nitrogens with one attached hydrogen (secondary N) is 1. The predicted molar refractivity (Wildman–Crippen MR) is 127 cm³/mol. The number of sulfonamides is 1. The first-order valence-electron chi connectivity index (χ1n) is 10.2. The van der Waals surface area contributed by atoms with Crippen LogP contribution < -0.4 is 14.2 Å². The summed E-state index contributed by atoms with van der Waals surface area (Å²) in [6.07, 6.45) is 0. The maximum absolute atomic E-state index is 13.1. The van der Waals surface area contributed by atoms with Gasteiger partial charge in [-0.3, -0.25) is 4.72 Å². The molecule has 0 saturated heterocycles. The summed E-state index contributed by atoms with van der Waals surface area (Å²) in [5.74, 6) is 0.219. The average molecular weight is 496 g/mol. The van der Waals surface area contributed by atoms with Crippen LogP contribution in [0.4, 0.5) is 5.69 Å². The Hall–Kier alpha value is -4.38. The molecular weight excluding hydrogens is 474 g/mol. The van der Waals surface area contributed by atoms with Gasteiger partial charge in [0.2, 0.25) is 11.8 Å². The molecular formula is C24H21N3O7S. The van der Waals surface area contributed by atoms with Crippen molar-refractivity contribution in [2.75, 3.05) is 18.9 Å². The Morgan fingerprint density at radius 3 is 2.23 bits per heavy atom. The van der Waals surface area contributed by atoms with E-state index in [9.17, 15) is 13.2 Å². The normalized spacial score (nSPS) is 11.2. The van der Waals surface area contributed by atoms with Gasteiger partial charge < -0.3 is 19.0 Å². The highest BCUT2D eigenvalue weighted by molar-refractivity contribution is 7.92. The Bertz CT molecular complexity index is 1510. The minimum Gasteiger partial charge on any atom is -0.493 e. The zero-order valence-electron chi connectivity index (χ0n) is 19.0. The quantitative estimate of drug-likeness (QED) is 0.367. The van der Waals surface area contributed by atoms with Crippen LogP contribution in [0.2, 0.25) is 0 Å². The van der Waals surface area contributed by atoms with Gasteiger partial charge in [0.1, 0.15) is 0 Å². The molecule has 1 aromatic heterocycles. The molecule has 180 valence electrons. The van der Waals surface area contributed by atoms with Crippen molar-refractivity contribution >= 4 is 21.7 Å². The minimum absolute atomic E-state index is 0.0124. The number of aromatic carboxylic acids is 1. The number of carbonyl (C=O) groups is 1. The fourth-order valence-electron chi connectivity index (χ4n) is 3.37. The zero-order valence-corrected chi connectivity index (χ0v) is 19.8. The van der Waals surface area contributed by atoms with Crippen LogP contribution in [0.5, 0.6) is 11.5 Å². The maximum Gasteiger partial charge on any atom is 0.335 e. The van der Waals surface area contributed by atoms with Crippen molar-refractivity contribution in [2.24, 2.45) is 0 Å². The molecule has 2 N–H and O–H groups in total. The van der Waals surface area contributed by atoms with Gasteiger partial charge in [-0.25, -0.2) is 13.2 Å². The lowest BCUT2D eigenvalue weighted by molar-refractivity contribution is 0.0697. The summed E-state index contributed by atoms with van der Waals surface area (Å²) < 4.78 is 44.9. The number of aromatic nitrogens is 2. The summed E-state index contributed by atoms with van der Waals surface area (Å²) in [4.78, 5) is 11.2. The van der Waals surface area contributed by atoms with Crippen LogP contribution in [0.25, 0.3) is 22.9 Å². The number of ether oxygens (including phenoxy) is 2. The van der Waals surface area contributed by atoms with Gasteiger partial charge in [0.25, 0.3) is 10.0 Å². The molecule has 0 spiro atoms. The molecule has 0 aliphatic carbocycles. The van der Waals surface area contributed by atoms with Gasteiger partial charge in [-0.15, -0.1) is 10.2 Å². The molecule has 0 bridgehead atoms. The van der Waals surface area contributed by atoms with Crippen LogP contribution in [0.1, 0.15) is 15.9 Å². The molecule has 0 aliphatic rings. The lowest BCUT2D eigenvalue weighted by atomic mass is 10.1. The van der Waals surface area contributed by atoms with Crippen LogP contribution in [0.3, 0.4) is 0 Å². The van der Waals surface area contributed by atoms with Gasteiger partial charge >= 0.3 is 5.97 Å². The van der Waals surface area contributed by atoms with Crippen molar-refractivity contribution in [3.05, 3.63) is 71.8 Å². The third-order valence-corrected chi connectivity index (χ3v) is 6.67. The van der Waals surface area contributed by atoms with E-state index in [4.69, 9.17) is 19.0 Å². The van der Waals surface area contributed by atoms with Gasteiger partial charge in [-0.1, -0.05) is 12.1 Å². The number of aryl methyl sites for hydroxylation is 1. The first-order valence-corrected chi connectivity index (χ1v) is 11.7. The first-order chi connectivity index (χ1) is 16.7. The summed E-state index contributed by atoms with van der Waals surface area (Å²) in [5.41, 5.74) is 1.57. The van der Waals surface area contributed by atoms with E-state index in [0.29, 0.717) is 28.2 Å². The summed E-state index contributed by atoms with van der Waals surface area (Å²) in [7, 11) is -0.996. The van der Waals surface area contributed by atoms with Crippen molar-refractivity contribution in [2.45, 2.75) is 11.8 Å². The number of rotatable bonds is 8. The average Bonchev–Trinajstić information content (AvgIpc) is 3.34. The summed E-state index contributed by atoms with van der Waals surface area (Å²) in [6, 6.07) is 15.4. The Kier molecular flexibility index (Phi) is 6.43. The zero-order chi connectivity index (χ0) is 25.2. The van der Waals surface area contributed by atoms with Crippen molar-refractivity contribution in [1.82, 2.24) is 10.2 Å². The van der Waals surface area contributed by atoms with Crippen LogP contribution in [0.15, 0.2) is 70.0 Å². The molecule has 4 rings (SSSR count). The van der Waals surface area contributed by atoms with E-state index in [1.165, 1.54) is 44.6 Å². The number of carboxylic acid groups (broad SMARTS) is 1. The van der Waals surface area contributed by atoms with E-state index in [1.807, 2.05) is 0 Å². The van der Waals surface area contributed by atoms with Crippen molar-refractivity contribution < 1.29 is 32.2 Å². The molecule has 0 unspecified atom stereocenters. The SMILES string of the molecule is COc1ccc(-c2nnc(-c3ccc(C)c(S(=O)(=O)Nc4cccc(C(=O)O)c4)c3)o2)cc1OC. The smallest absolute Gasteiger partial charge is 0.335 e. The van der Waals surface area contributed by atoms with Crippen LogP contribution in [-0.4, -0.2) is 43.9 Å². The number of hydrogen-bond acceptors (Lipinski definition) is 8. The van der Waals surface area contributed by atoms with E-state index in [2.05, 4.69) is 14.9 Å². The molecule has 0 radical (unpaired) electrons. The minimum atomic E-state index is -4.04. The topological polar surface area (TPSA) is 141 Å². The van der Waals surface area contributed by atoms with Gasteiger partial charge in [-0.2, -0.15) is 0 Å². The highest BCUT2D eigenvalue weighted by atomic mass is 32.2. The molecule has 10 nitrogen and oxygen atoms in total. The third-order valence-electron chi connectivity index (χ3n) is 5.14. The summed E-state index contributed by atoms with van der Waals surface area (Å²) in [6.45, 7) is 1.65. The highest BCUT2D eigenvalue weighted by Crippen LogP contribution is 2.33. The number of benzene rings is 3. The highest BCUT2D eigenvalue weighted by Gasteiger charge is 2.21. The number of methoxy groups -OCH3 is 2. The molecule has 4 aromatic rings. The van der Waals surface area contributed by atoms with E-state index >= 15 is 0 Å². The second-order valence-electron chi connectivity index (χ2n) is 7.45. The fourth-order valence-corrected chi connectivity index (χ4v) is 4.70. The Morgan fingerprint density at radius 1 is 0.914 bits per heavy atom. The van der Waals surface area contributed by atoms with Crippen LogP contribution in [-0.2, 0) is 10.0 Å². The monoisotopic (exact) mass is 495 g/mol. The molecule has 3 aromatic carbocycles. The van der Waals surface area contributed by atoms with Gasteiger partial charge in [0.15, 0.2) is 11.5 Å². The number of carboxylic acids is 1. The Morgan fingerprint density at radius 2 is 1.57 bits per heavy atom. The van der Waals surface area contributed by atoms with Gasteiger partial charge in [0, 0.05) is 16.8 Å². The van der Waals surface area contributed by atoms with Crippen molar-refractivity contribution in [3.63, 3.8) is 0 Å². The predicted octanol–water partition coefficient (Wildman–Crippen LogP) is 4.23. The second kappa shape index (κ2) is 9.47. The summed E-state index contributed by atoms with van der Waals surface area (Å²) >= 11 is 0. The Balaban J connectivity index is 1.66. The Labute approximate surface area is 201 Å². The number of anilines is 1. The number of nitrogens with zero attached hydrogens (tertiary/aromatic N) is 2. The standard InChI is InChI=1S/C24H21N3O7S/c1-14-7-8-16(13-21(14)35(30,31)27-18-6-4-5-17(11-18)24(28)29)23-26-25-22(34-23)15-9-10-19(32-2)20(12-15)33-3/h4-13,27H,1-3H3,(H,28,29). The summed E-state index contributed by atoms with van der Waals surface area (Å²) in [5, 5.41) is 17.3. The van der Waals surface area contributed by atoms with Gasteiger partial charge in [-0.05, 0) is 61.0 Å². The van der Waals surface area contributed by atoms with Crippen molar-refractivity contribution in [1.29, 1.82) is 0 Å². The molecule has 11 heteroatoms. The van der Waals surface area contributed by atoms with E-state index < -0.39 is 16.0 Å². The van der Waals surface area contributed by atoms with E-state index in [-0.39, 0.29) is 27.9 Å². The molecule has 0 aliphatic heterocycles. The van der Waals surface area contributed by atoms with E-state index in [0.717, 1.165) is 0 Å². The fraction of sp³-hybridized carbons (Fsp3) is 0.125. The molecule has 0 fully saturated rings. The van der Waals surface area contributed by atoms with Crippen LogP contribution in [0, 0.1) is 6.92 Å². The maximum atomic E-state index is 13.1. The largest absolute Gasteiger partial charge is 0.493 e. The lowest BCUT2D eigenvalue weighted by Crippen LogP contribution is -2.14. The third kappa shape index (κ3) is 4.94. The molecule has 35 heavy (non-hydrogen) atoms. The number of hydrogen-bond donors (Lipinski definition) is 2. The lowest BCUT2D eigenvalue weighted by Gasteiger charge is -2.11. The first kappa shape index (κ1) is 23.8. The molecule has 1 heterocycles. The van der Waals surface area contributed by atoms with Crippen molar-refractivity contribution in [3.8, 4) is 34.4 Å². The van der Waals surface area contributed by atoms with Gasteiger partial charge in [0.05, 0.1) is 24.7 Å². The van der Waals surface area contributed by atoms with E-state index in [1.54, 1.807) is 37.3 Å². The molecule has 0 amide bonds. The second-order valence-corrected chi connectivity index (χ2v) is 9.10. The van der Waals surface area contributed by atoms with Crippen LogP contribution >= 0.6 is 0 Å². The molecule has 0 atom stereocenters. The molecule has 0 saturated carbocycles.